The molecule has 1 aliphatic rings. The zero-order chi connectivity index (χ0) is 23.8. The zero-order valence-electron chi connectivity index (χ0n) is 18.5. The Hall–Kier alpha value is -1.97. The van der Waals surface area contributed by atoms with Crippen LogP contribution in [-0.2, 0) is 9.47 Å². The van der Waals surface area contributed by atoms with E-state index in [9.17, 15) is 13.2 Å². The summed E-state index contributed by atoms with van der Waals surface area (Å²) in [6.07, 6.45) is 8.69. The minimum Gasteiger partial charge on any atom is -0.394 e. The number of piperidine rings is 1. The molecule has 0 bridgehead atoms. The molecule has 33 heavy (non-hydrogen) atoms. The molecule has 7 nitrogen and oxygen atoms in total. The number of halogens is 3. The fourth-order valence-corrected chi connectivity index (χ4v) is 4.64. The number of hydrogen-bond acceptors (Lipinski definition) is 7. The molecular weight excluding hydrogens is 457 g/mol. The van der Waals surface area contributed by atoms with Gasteiger partial charge in [0.05, 0.1) is 32.1 Å². The van der Waals surface area contributed by atoms with Crippen molar-refractivity contribution in [3.8, 4) is 12.3 Å². The molecule has 11 heteroatoms. The van der Waals surface area contributed by atoms with Crippen LogP contribution >= 0.6 is 11.8 Å². The maximum absolute atomic E-state index is 13.1. The highest BCUT2D eigenvalue weighted by molar-refractivity contribution is 8.00. The molecule has 0 spiro atoms. The largest absolute Gasteiger partial charge is 0.447 e. The molecule has 2 aromatic heterocycles. The number of fused-ring (bicyclic) bond motifs is 1. The number of pyridine rings is 1. The quantitative estimate of drug-likeness (QED) is 0.287. The average Bonchev–Trinajstić information content (AvgIpc) is 3.11. The van der Waals surface area contributed by atoms with Gasteiger partial charge in [0.1, 0.15) is 10.7 Å². The number of nitrogens with zero attached hydrogens (tertiary/aromatic N) is 3. The van der Waals surface area contributed by atoms with Gasteiger partial charge in [-0.25, -0.2) is 4.98 Å². The first kappa shape index (κ1) is 25.6. The van der Waals surface area contributed by atoms with Gasteiger partial charge in [-0.2, -0.15) is 13.2 Å². The molecule has 1 aliphatic heterocycles. The summed E-state index contributed by atoms with van der Waals surface area (Å²) in [6.45, 7) is 3.54. The lowest BCUT2D eigenvalue weighted by molar-refractivity contribution is -0.0329. The van der Waals surface area contributed by atoms with E-state index in [4.69, 9.17) is 21.0 Å². The highest BCUT2D eigenvalue weighted by Gasteiger charge is 2.33. The maximum Gasteiger partial charge on any atom is 0.447 e. The Labute approximate surface area is 195 Å². The topological polar surface area (TPSA) is 71.3 Å². The van der Waals surface area contributed by atoms with Gasteiger partial charge in [-0.1, -0.05) is 0 Å². The van der Waals surface area contributed by atoms with E-state index in [0.717, 1.165) is 25.9 Å². The number of aliphatic hydroxyl groups excluding tert-OH is 1. The molecule has 1 saturated heterocycles. The summed E-state index contributed by atoms with van der Waals surface area (Å²) >= 11 is -0.253. The first-order chi connectivity index (χ1) is 15.8. The normalized spacial score (nSPS) is 19.6. The van der Waals surface area contributed by atoms with Gasteiger partial charge in [0.25, 0.3) is 0 Å². The zero-order valence-corrected chi connectivity index (χ0v) is 19.3. The number of alkyl halides is 3. The number of imidazole rings is 1. The Morgan fingerprint density at radius 1 is 1.30 bits per heavy atom. The minimum atomic E-state index is -4.47. The minimum absolute atomic E-state index is 0.00966. The molecule has 182 valence electrons. The highest BCUT2D eigenvalue weighted by atomic mass is 32.2. The van der Waals surface area contributed by atoms with Crippen LogP contribution in [0.25, 0.3) is 5.65 Å². The van der Waals surface area contributed by atoms with Crippen molar-refractivity contribution in [3.63, 3.8) is 0 Å². The molecule has 0 aromatic carbocycles. The summed E-state index contributed by atoms with van der Waals surface area (Å²) in [5, 5.41) is 12.1. The van der Waals surface area contributed by atoms with E-state index in [-0.39, 0.29) is 41.0 Å². The number of nitrogens with one attached hydrogen (secondary N) is 1. The van der Waals surface area contributed by atoms with E-state index in [1.165, 1.54) is 4.40 Å². The number of rotatable bonds is 11. The van der Waals surface area contributed by atoms with Crippen molar-refractivity contribution in [1.82, 2.24) is 14.3 Å². The van der Waals surface area contributed by atoms with Crippen molar-refractivity contribution in [2.75, 3.05) is 58.5 Å². The summed E-state index contributed by atoms with van der Waals surface area (Å²) in [7, 11) is 2.07. The van der Waals surface area contributed by atoms with Gasteiger partial charge in [-0.15, -0.1) is 6.42 Å². The molecule has 3 heterocycles. The van der Waals surface area contributed by atoms with Gasteiger partial charge in [-0.3, -0.25) is 4.40 Å². The van der Waals surface area contributed by atoms with Crippen molar-refractivity contribution >= 4 is 23.1 Å². The van der Waals surface area contributed by atoms with Crippen LogP contribution in [0.4, 0.5) is 18.9 Å². The van der Waals surface area contributed by atoms with Crippen molar-refractivity contribution in [2.24, 2.45) is 5.92 Å². The van der Waals surface area contributed by atoms with E-state index in [0.29, 0.717) is 37.8 Å². The van der Waals surface area contributed by atoms with E-state index < -0.39 is 5.51 Å². The van der Waals surface area contributed by atoms with Crippen LogP contribution in [0.15, 0.2) is 23.4 Å². The van der Waals surface area contributed by atoms with E-state index in [1.807, 2.05) is 6.07 Å². The van der Waals surface area contributed by atoms with Crippen LogP contribution in [0, 0.1) is 18.3 Å². The van der Waals surface area contributed by atoms with E-state index in [2.05, 4.69) is 28.2 Å². The van der Waals surface area contributed by atoms with Crippen molar-refractivity contribution in [3.05, 3.63) is 24.0 Å². The van der Waals surface area contributed by atoms with E-state index in [1.54, 1.807) is 12.3 Å². The van der Waals surface area contributed by atoms with Crippen LogP contribution in [0.2, 0.25) is 0 Å². The molecule has 2 N–H and O–H groups in total. The fourth-order valence-electron chi connectivity index (χ4n) is 3.98. The van der Waals surface area contributed by atoms with Gasteiger partial charge in [-0.05, 0) is 50.4 Å². The van der Waals surface area contributed by atoms with Gasteiger partial charge in [0, 0.05) is 37.2 Å². The first-order valence-electron chi connectivity index (χ1n) is 10.8. The number of likely N-dealkylation sites (tertiary alicyclic amines) is 1. The molecule has 1 fully saturated rings. The monoisotopic (exact) mass is 486 g/mol. The summed E-state index contributed by atoms with van der Waals surface area (Å²) in [5.41, 5.74) is -3.45. The number of ether oxygens (including phenoxy) is 2. The lowest BCUT2D eigenvalue weighted by Gasteiger charge is -2.37. The van der Waals surface area contributed by atoms with Crippen molar-refractivity contribution < 1.29 is 27.8 Å². The molecule has 2 aromatic rings. The van der Waals surface area contributed by atoms with Gasteiger partial charge in [0.15, 0.2) is 5.65 Å². The van der Waals surface area contributed by atoms with Gasteiger partial charge >= 0.3 is 5.51 Å². The maximum atomic E-state index is 13.1. The Balaban J connectivity index is 1.71. The Morgan fingerprint density at radius 3 is 2.76 bits per heavy atom. The third kappa shape index (κ3) is 7.25. The second-order valence-corrected chi connectivity index (χ2v) is 8.93. The third-order valence-corrected chi connectivity index (χ3v) is 6.29. The second kappa shape index (κ2) is 11.9. The predicted octanol–water partition coefficient (Wildman–Crippen LogP) is 3.08. The molecule has 0 saturated carbocycles. The lowest BCUT2D eigenvalue weighted by atomic mass is 9.89. The van der Waals surface area contributed by atoms with Crippen molar-refractivity contribution in [1.29, 1.82) is 0 Å². The van der Waals surface area contributed by atoms with Crippen LogP contribution in [0.3, 0.4) is 0 Å². The van der Waals surface area contributed by atoms with E-state index >= 15 is 0 Å². The number of hydrogen-bond donors (Lipinski definition) is 2. The number of aromatic nitrogens is 2. The molecule has 2 unspecified atom stereocenters. The number of anilines is 1. The van der Waals surface area contributed by atoms with Gasteiger partial charge < -0.3 is 24.8 Å². The predicted molar refractivity (Wildman–Crippen MR) is 121 cm³/mol. The molecule has 3 rings (SSSR count). The smallest absolute Gasteiger partial charge is 0.394 e. The Kier molecular flexibility index (Phi) is 9.28. The van der Waals surface area contributed by atoms with Crippen LogP contribution in [0.1, 0.15) is 18.5 Å². The van der Waals surface area contributed by atoms with Crippen LogP contribution < -0.4 is 5.32 Å². The molecule has 0 amide bonds. The second-order valence-electron chi connectivity index (χ2n) is 7.87. The Morgan fingerprint density at radius 2 is 2.06 bits per heavy atom. The van der Waals surface area contributed by atoms with Crippen LogP contribution in [0.5, 0.6) is 0 Å². The summed E-state index contributed by atoms with van der Waals surface area (Å²) in [6, 6.07) is 3.62. The summed E-state index contributed by atoms with van der Waals surface area (Å²) in [5.74, 6) is 2.56. The SMILES string of the molecule is C#Cc1nc2c(NC3CCN(C)CC3CCOCCOCCO)cccn2c1SC(F)(F)F. The standard InChI is InChI=1S/C22H29F3N4O3S/c1-3-17-21(33-22(23,24)25)29-8-4-5-19(20(29)27-17)26-18-6-9-28(2)15-16(18)7-11-31-13-14-32-12-10-30/h1,4-5,8,16,18,26,30H,6-7,9-15H2,2H3. The molecule has 2 atom stereocenters. The number of thioether (sulfide) groups is 1. The average molecular weight is 487 g/mol. The molecule has 0 radical (unpaired) electrons. The molecule has 0 aliphatic carbocycles. The summed E-state index contributed by atoms with van der Waals surface area (Å²) < 4.78 is 51.4. The summed E-state index contributed by atoms with van der Waals surface area (Å²) in [4.78, 5) is 6.57. The third-order valence-electron chi connectivity index (χ3n) is 5.47. The number of terminal acetylenes is 1. The van der Waals surface area contributed by atoms with Gasteiger partial charge in [0.2, 0.25) is 0 Å². The highest BCUT2D eigenvalue weighted by Crippen LogP contribution is 2.39. The molecular formula is C22H29F3N4O3S. The van der Waals surface area contributed by atoms with Crippen LogP contribution in [-0.4, -0.2) is 84.1 Å². The first-order valence-corrected chi connectivity index (χ1v) is 11.6. The Bertz CT molecular complexity index is 947. The lowest BCUT2D eigenvalue weighted by Crippen LogP contribution is -2.45. The number of aliphatic hydroxyl groups is 1. The fraction of sp³-hybridized carbons (Fsp3) is 0.591. The van der Waals surface area contributed by atoms with Crippen molar-refractivity contribution in [2.45, 2.75) is 29.4 Å².